The molecule has 1 aromatic heterocycles. The molecule has 0 aliphatic rings. The van der Waals surface area contributed by atoms with Gasteiger partial charge in [-0.15, -0.1) is 0 Å². The predicted octanol–water partition coefficient (Wildman–Crippen LogP) is 2.38. The Kier molecular flexibility index (Phi) is 3.38. The number of carboxylic acid groups (broad SMARTS) is 1. The number of fused-ring (bicyclic) bond motifs is 1. The van der Waals surface area contributed by atoms with E-state index in [0.717, 1.165) is 20.8 Å². The van der Waals surface area contributed by atoms with Crippen molar-refractivity contribution in [3.05, 3.63) is 28.4 Å². The number of hydrogen-bond donors (Lipinski definition) is 3. The molecule has 0 bridgehead atoms. The zero-order chi connectivity index (χ0) is 13.3. The molecular formula is C12H12BrN3O2. The lowest BCUT2D eigenvalue weighted by Crippen LogP contribution is -2.13. The number of anilines is 2. The van der Waals surface area contributed by atoms with Crippen molar-refractivity contribution in [3.8, 4) is 0 Å². The number of nitrogens with zero attached hydrogens (tertiary/aromatic N) is 1. The van der Waals surface area contributed by atoms with Crippen LogP contribution in [0.25, 0.3) is 10.8 Å². The second kappa shape index (κ2) is 4.81. The topological polar surface area (TPSA) is 88.2 Å². The van der Waals surface area contributed by atoms with Crippen LogP contribution in [0.15, 0.2) is 22.8 Å². The summed E-state index contributed by atoms with van der Waals surface area (Å²) in [6.07, 6.45) is 1.61. The van der Waals surface area contributed by atoms with Crippen LogP contribution in [-0.2, 0) is 4.79 Å². The number of carboxylic acids is 1. The molecule has 5 nitrogen and oxygen atoms in total. The number of aryl methyl sites for hydroxylation is 1. The highest BCUT2D eigenvalue weighted by Gasteiger charge is 2.10. The molecule has 0 unspecified atom stereocenters. The van der Waals surface area contributed by atoms with Crippen molar-refractivity contribution in [2.24, 2.45) is 0 Å². The van der Waals surface area contributed by atoms with Crippen LogP contribution in [0.4, 0.5) is 11.5 Å². The molecule has 0 spiro atoms. The number of nitrogen functional groups attached to an aromatic ring is 1. The Morgan fingerprint density at radius 1 is 1.56 bits per heavy atom. The zero-order valence-electron chi connectivity index (χ0n) is 9.70. The zero-order valence-corrected chi connectivity index (χ0v) is 11.3. The summed E-state index contributed by atoms with van der Waals surface area (Å²) in [6.45, 7) is 1.75. The Balaban J connectivity index is 2.61. The first kappa shape index (κ1) is 12.6. The van der Waals surface area contributed by atoms with Crippen LogP contribution in [-0.4, -0.2) is 22.6 Å². The number of nitrogens with two attached hydrogens (primary N) is 1. The van der Waals surface area contributed by atoms with Crippen LogP contribution >= 0.6 is 15.9 Å². The van der Waals surface area contributed by atoms with Crippen LogP contribution in [0.2, 0.25) is 0 Å². The summed E-state index contributed by atoms with van der Waals surface area (Å²) >= 11 is 3.40. The van der Waals surface area contributed by atoms with Crippen LogP contribution in [0.3, 0.4) is 0 Å². The van der Waals surface area contributed by atoms with Crippen molar-refractivity contribution in [1.82, 2.24) is 4.98 Å². The Morgan fingerprint density at radius 3 is 2.94 bits per heavy atom. The average Bonchev–Trinajstić information content (AvgIpc) is 2.26. The fourth-order valence-corrected chi connectivity index (χ4v) is 2.37. The van der Waals surface area contributed by atoms with Crippen molar-refractivity contribution in [3.63, 3.8) is 0 Å². The standard InChI is InChI=1S/C12H12BrN3O2/c1-6-2-7-11(9(14)3-6)8(13)4-15-12(7)16-5-10(17)18/h2-4H,5,14H2,1H3,(H,15,16)(H,17,18). The molecule has 0 saturated carbocycles. The van der Waals surface area contributed by atoms with Gasteiger partial charge in [-0.1, -0.05) is 0 Å². The number of hydrogen-bond acceptors (Lipinski definition) is 4. The molecule has 18 heavy (non-hydrogen) atoms. The van der Waals surface area contributed by atoms with E-state index >= 15 is 0 Å². The minimum absolute atomic E-state index is 0.183. The molecule has 0 fully saturated rings. The fourth-order valence-electron chi connectivity index (χ4n) is 1.82. The van der Waals surface area contributed by atoms with Crippen molar-refractivity contribution < 1.29 is 9.90 Å². The molecule has 6 heteroatoms. The fraction of sp³-hybridized carbons (Fsp3) is 0.167. The quantitative estimate of drug-likeness (QED) is 0.758. The summed E-state index contributed by atoms with van der Waals surface area (Å²) in [5.74, 6) is -0.417. The van der Waals surface area contributed by atoms with E-state index in [1.807, 2.05) is 19.1 Å². The van der Waals surface area contributed by atoms with Crippen LogP contribution in [0.1, 0.15) is 5.56 Å². The van der Waals surface area contributed by atoms with Gasteiger partial charge in [0.1, 0.15) is 12.4 Å². The lowest BCUT2D eigenvalue weighted by atomic mass is 10.1. The molecule has 2 aromatic rings. The SMILES string of the molecule is Cc1cc(N)c2c(Br)cnc(NCC(=O)O)c2c1. The molecule has 4 N–H and O–H groups in total. The van der Waals surface area contributed by atoms with Crippen LogP contribution in [0, 0.1) is 6.92 Å². The van der Waals surface area contributed by atoms with Gasteiger partial charge in [-0.2, -0.15) is 0 Å². The van der Waals surface area contributed by atoms with Gasteiger partial charge in [0.05, 0.1) is 0 Å². The summed E-state index contributed by atoms with van der Waals surface area (Å²) in [4.78, 5) is 14.8. The number of aliphatic carboxylic acids is 1. The molecule has 0 amide bonds. The smallest absolute Gasteiger partial charge is 0.322 e. The first-order chi connectivity index (χ1) is 8.49. The number of nitrogens with one attached hydrogen (secondary N) is 1. The van der Waals surface area contributed by atoms with E-state index in [9.17, 15) is 4.79 Å². The van der Waals surface area contributed by atoms with Gasteiger partial charge >= 0.3 is 5.97 Å². The molecular weight excluding hydrogens is 298 g/mol. The van der Waals surface area contributed by atoms with E-state index in [4.69, 9.17) is 10.8 Å². The molecule has 0 radical (unpaired) electrons. The molecule has 1 heterocycles. The largest absolute Gasteiger partial charge is 0.480 e. The third-order valence-corrected chi connectivity index (χ3v) is 3.12. The van der Waals surface area contributed by atoms with Gasteiger partial charge in [0.15, 0.2) is 0 Å². The Hall–Kier alpha value is -1.82. The molecule has 0 aliphatic heterocycles. The lowest BCUT2D eigenvalue weighted by molar-refractivity contribution is -0.134. The first-order valence-electron chi connectivity index (χ1n) is 5.29. The molecule has 1 aromatic carbocycles. The number of halogens is 1. The van der Waals surface area contributed by atoms with Gasteiger partial charge in [-0.25, -0.2) is 4.98 Å². The lowest BCUT2D eigenvalue weighted by Gasteiger charge is -2.11. The van der Waals surface area contributed by atoms with Crippen molar-refractivity contribution in [2.75, 3.05) is 17.6 Å². The summed E-state index contributed by atoms with van der Waals surface area (Å²) in [5.41, 5.74) is 7.62. The number of rotatable bonds is 3. The van der Waals surface area contributed by atoms with Crippen molar-refractivity contribution in [1.29, 1.82) is 0 Å². The third kappa shape index (κ3) is 2.38. The van der Waals surface area contributed by atoms with Gasteiger partial charge in [0.25, 0.3) is 0 Å². The highest BCUT2D eigenvalue weighted by molar-refractivity contribution is 9.10. The summed E-state index contributed by atoms with van der Waals surface area (Å²) in [5, 5.41) is 13.1. The van der Waals surface area contributed by atoms with E-state index in [1.54, 1.807) is 6.20 Å². The predicted molar refractivity (Wildman–Crippen MR) is 74.7 cm³/mol. The third-order valence-electron chi connectivity index (χ3n) is 2.52. The number of aromatic nitrogens is 1. The maximum atomic E-state index is 10.6. The second-order valence-corrected chi connectivity index (χ2v) is 4.83. The van der Waals surface area contributed by atoms with Gasteiger partial charge in [-0.05, 0) is 40.5 Å². The first-order valence-corrected chi connectivity index (χ1v) is 6.08. The van der Waals surface area contributed by atoms with Gasteiger partial charge < -0.3 is 16.2 Å². The van der Waals surface area contributed by atoms with Crippen molar-refractivity contribution >= 4 is 44.2 Å². The molecule has 2 rings (SSSR count). The highest BCUT2D eigenvalue weighted by atomic mass is 79.9. The minimum Gasteiger partial charge on any atom is -0.480 e. The summed E-state index contributed by atoms with van der Waals surface area (Å²) in [6, 6.07) is 3.79. The Morgan fingerprint density at radius 2 is 2.28 bits per heavy atom. The minimum atomic E-state index is -0.937. The average molecular weight is 310 g/mol. The van der Waals surface area contributed by atoms with Gasteiger partial charge in [-0.3, -0.25) is 4.79 Å². The van der Waals surface area contributed by atoms with Gasteiger partial charge in [0.2, 0.25) is 0 Å². The number of benzene rings is 1. The summed E-state index contributed by atoms with van der Waals surface area (Å²) in [7, 11) is 0. The van der Waals surface area contributed by atoms with E-state index in [2.05, 4.69) is 26.2 Å². The Labute approximate surface area is 112 Å². The Bertz CT molecular complexity index is 628. The molecule has 94 valence electrons. The molecule has 0 aliphatic carbocycles. The molecule has 0 saturated heterocycles. The van der Waals surface area contributed by atoms with Gasteiger partial charge in [0, 0.05) is 27.1 Å². The number of carbonyl (C=O) groups is 1. The highest BCUT2D eigenvalue weighted by Crippen LogP contribution is 2.33. The van der Waals surface area contributed by atoms with E-state index in [-0.39, 0.29) is 6.54 Å². The molecule has 0 atom stereocenters. The normalized spacial score (nSPS) is 10.6. The van der Waals surface area contributed by atoms with Crippen molar-refractivity contribution in [2.45, 2.75) is 6.92 Å². The second-order valence-electron chi connectivity index (χ2n) is 3.98. The van der Waals surface area contributed by atoms with Crippen LogP contribution < -0.4 is 11.1 Å². The summed E-state index contributed by atoms with van der Waals surface area (Å²) < 4.78 is 0.788. The van der Waals surface area contributed by atoms with E-state index < -0.39 is 5.97 Å². The van der Waals surface area contributed by atoms with E-state index in [0.29, 0.717) is 11.5 Å². The number of pyridine rings is 1. The maximum Gasteiger partial charge on any atom is 0.322 e. The monoisotopic (exact) mass is 309 g/mol. The maximum absolute atomic E-state index is 10.6. The van der Waals surface area contributed by atoms with Crippen LogP contribution in [0.5, 0.6) is 0 Å². The van der Waals surface area contributed by atoms with E-state index in [1.165, 1.54) is 0 Å².